The molecule has 14 heavy (non-hydrogen) atoms. The summed E-state index contributed by atoms with van der Waals surface area (Å²) in [7, 11) is 5.63. The van der Waals surface area contributed by atoms with E-state index in [0.717, 1.165) is 0 Å². The molecule has 0 aliphatic heterocycles. The van der Waals surface area contributed by atoms with Crippen molar-refractivity contribution in [2.45, 2.75) is 26.2 Å². The third-order valence-electron chi connectivity index (χ3n) is 2.10. The molecule has 0 bridgehead atoms. The highest BCUT2D eigenvalue weighted by Gasteiger charge is 2.20. The summed E-state index contributed by atoms with van der Waals surface area (Å²) in [5, 5.41) is 9.76. The van der Waals surface area contributed by atoms with Crippen molar-refractivity contribution >= 4 is 19.6 Å². The van der Waals surface area contributed by atoms with E-state index in [-0.39, 0.29) is 16.7 Å². The van der Waals surface area contributed by atoms with Crippen molar-refractivity contribution in [2.75, 3.05) is 0 Å². The monoisotopic (exact) mass is 188 g/mol. The molecule has 0 aromatic heterocycles. The number of hydrogen-bond donors (Lipinski definition) is 1. The highest BCUT2D eigenvalue weighted by molar-refractivity contribution is 6.32. The van der Waals surface area contributed by atoms with Crippen molar-refractivity contribution in [1.29, 1.82) is 0 Å². The Hall–Kier alpha value is -1.25. The number of aldehydes is 1. The van der Waals surface area contributed by atoms with Crippen molar-refractivity contribution < 1.29 is 9.90 Å². The molecule has 0 spiro atoms. The number of aromatic hydroxyl groups is 1. The Labute approximate surface area is 85.4 Å². The van der Waals surface area contributed by atoms with Crippen LogP contribution in [0.15, 0.2) is 12.1 Å². The van der Waals surface area contributed by atoms with E-state index in [9.17, 15) is 9.90 Å². The van der Waals surface area contributed by atoms with E-state index in [1.807, 2.05) is 20.8 Å². The van der Waals surface area contributed by atoms with Gasteiger partial charge in [0, 0.05) is 0 Å². The number of rotatable bonds is 1. The minimum atomic E-state index is -0.225. The SMILES string of the molecule is [B]c1cc(C=O)c(O)c(C(C)(C)C)c1. The van der Waals surface area contributed by atoms with Crippen molar-refractivity contribution in [1.82, 2.24) is 0 Å². The van der Waals surface area contributed by atoms with Gasteiger partial charge < -0.3 is 5.11 Å². The number of hydrogen-bond acceptors (Lipinski definition) is 2. The van der Waals surface area contributed by atoms with E-state index in [0.29, 0.717) is 17.3 Å². The van der Waals surface area contributed by atoms with Gasteiger partial charge in [-0.15, -0.1) is 0 Å². The Bertz CT molecular complexity index is 364. The van der Waals surface area contributed by atoms with Crippen molar-refractivity contribution in [2.24, 2.45) is 0 Å². The predicted molar refractivity (Wildman–Crippen MR) is 57.6 cm³/mol. The lowest BCUT2D eigenvalue weighted by molar-refractivity contribution is 0.112. The average Bonchev–Trinajstić information content (AvgIpc) is 2.06. The molecule has 0 atom stereocenters. The van der Waals surface area contributed by atoms with Gasteiger partial charge in [-0.3, -0.25) is 4.79 Å². The second-order valence-electron chi connectivity index (χ2n) is 4.37. The molecular formula is C11H13BO2. The van der Waals surface area contributed by atoms with E-state index in [4.69, 9.17) is 7.85 Å². The van der Waals surface area contributed by atoms with Gasteiger partial charge in [-0.25, -0.2) is 0 Å². The van der Waals surface area contributed by atoms with E-state index >= 15 is 0 Å². The first-order valence-electron chi connectivity index (χ1n) is 4.44. The van der Waals surface area contributed by atoms with Gasteiger partial charge in [-0.05, 0) is 11.0 Å². The standard InChI is InChI=1S/C11H13BO2/c1-11(2,3)9-5-8(12)4-7(6-13)10(9)14/h4-6,14H,1-3H3. The Balaban J connectivity index is 3.44. The summed E-state index contributed by atoms with van der Waals surface area (Å²) in [6.45, 7) is 5.86. The van der Waals surface area contributed by atoms with Crippen LogP contribution in [-0.4, -0.2) is 19.2 Å². The molecule has 0 amide bonds. The summed E-state index contributed by atoms with van der Waals surface area (Å²) in [5.41, 5.74) is 1.21. The highest BCUT2D eigenvalue weighted by Crippen LogP contribution is 2.31. The molecule has 1 aromatic rings. The maximum atomic E-state index is 10.6. The summed E-state index contributed by atoms with van der Waals surface area (Å²) in [6.07, 6.45) is 0.612. The molecule has 3 heteroatoms. The molecule has 0 aliphatic rings. The number of carbonyl (C=O) groups is 1. The minimum absolute atomic E-state index is 0.0294. The maximum absolute atomic E-state index is 10.6. The second kappa shape index (κ2) is 3.48. The van der Waals surface area contributed by atoms with Crippen LogP contribution in [0.1, 0.15) is 36.7 Å². The molecule has 0 aliphatic carbocycles. The number of phenols is 1. The van der Waals surface area contributed by atoms with Crippen LogP contribution in [0.4, 0.5) is 0 Å². The fourth-order valence-corrected chi connectivity index (χ4v) is 1.34. The lowest BCUT2D eigenvalue weighted by Crippen LogP contribution is -2.16. The number of phenolic OH excluding ortho intramolecular Hbond substituents is 1. The van der Waals surface area contributed by atoms with Gasteiger partial charge in [0.2, 0.25) is 0 Å². The van der Waals surface area contributed by atoms with Crippen molar-refractivity contribution in [3.8, 4) is 5.75 Å². The smallest absolute Gasteiger partial charge is 0.153 e. The van der Waals surface area contributed by atoms with Gasteiger partial charge in [0.1, 0.15) is 13.6 Å². The van der Waals surface area contributed by atoms with Crippen LogP contribution in [0.25, 0.3) is 0 Å². The van der Waals surface area contributed by atoms with Gasteiger partial charge in [-0.2, -0.15) is 0 Å². The molecule has 0 unspecified atom stereocenters. The fraction of sp³-hybridized carbons (Fsp3) is 0.364. The second-order valence-corrected chi connectivity index (χ2v) is 4.37. The summed E-state index contributed by atoms with van der Waals surface area (Å²) in [5.74, 6) is 0.0294. The quantitative estimate of drug-likeness (QED) is 0.532. The van der Waals surface area contributed by atoms with Crippen LogP contribution >= 0.6 is 0 Å². The molecule has 2 nitrogen and oxygen atoms in total. The molecule has 0 heterocycles. The van der Waals surface area contributed by atoms with Crippen LogP contribution in [0.2, 0.25) is 0 Å². The highest BCUT2D eigenvalue weighted by atomic mass is 16.3. The topological polar surface area (TPSA) is 37.3 Å². The summed E-state index contributed by atoms with van der Waals surface area (Å²) in [4.78, 5) is 10.6. The van der Waals surface area contributed by atoms with Crippen LogP contribution < -0.4 is 5.46 Å². The minimum Gasteiger partial charge on any atom is -0.507 e. The summed E-state index contributed by atoms with van der Waals surface area (Å²) >= 11 is 0. The molecule has 1 rings (SSSR count). The van der Waals surface area contributed by atoms with E-state index in [2.05, 4.69) is 0 Å². The van der Waals surface area contributed by atoms with Crippen molar-refractivity contribution in [3.05, 3.63) is 23.3 Å². The van der Waals surface area contributed by atoms with E-state index in [1.165, 1.54) is 6.07 Å². The van der Waals surface area contributed by atoms with Gasteiger partial charge >= 0.3 is 0 Å². The normalized spacial score (nSPS) is 11.4. The fourth-order valence-electron chi connectivity index (χ4n) is 1.34. The first-order valence-corrected chi connectivity index (χ1v) is 4.44. The van der Waals surface area contributed by atoms with Crippen LogP contribution in [0.3, 0.4) is 0 Å². The molecule has 2 radical (unpaired) electrons. The third-order valence-corrected chi connectivity index (χ3v) is 2.10. The first kappa shape index (κ1) is 10.8. The summed E-state index contributed by atoms with van der Waals surface area (Å²) in [6, 6.07) is 3.17. The zero-order chi connectivity index (χ0) is 10.9. The largest absolute Gasteiger partial charge is 0.507 e. The van der Waals surface area contributed by atoms with E-state index < -0.39 is 0 Å². The zero-order valence-electron chi connectivity index (χ0n) is 8.66. The molecule has 0 saturated heterocycles. The number of carbonyl (C=O) groups excluding carboxylic acids is 1. The van der Waals surface area contributed by atoms with Gasteiger partial charge in [0.05, 0.1) is 5.56 Å². The molecule has 72 valence electrons. The van der Waals surface area contributed by atoms with Crippen LogP contribution in [-0.2, 0) is 5.41 Å². The molecule has 0 fully saturated rings. The maximum Gasteiger partial charge on any atom is 0.153 e. The van der Waals surface area contributed by atoms with Crippen LogP contribution in [0.5, 0.6) is 5.75 Å². The molecule has 1 aromatic carbocycles. The Morgan fingerprint density at radius 2 is 1.93 bits per heavy atom. The van der Waals surface area contributed by atoms with Gasteiger partial charge in [0.15, 0.2) is 6.29 Å². The first-order chi connectivity index (χ1) is 6.36. The van der Waals surface area contributed by atoms with Gasteiger partial charge in [-0.1, -0.05) is 38.4 Å². The Kier molecular flexibility index (Phi) is 2.70. The van der Waals surface area contributed by atoms with Crippen LogP contribution in [0, 0.1) is 0 Å². The lowest BCUT2D eigenvalue weighted by Gasteiger charge is -2.21. The third kappa shape index (κ3) is 1.98. The van der Waals surface area contributed by atoms with E-state index in [1.54, 1.807) is 6.07 Å². The molecule has 0 saturated carbocycles. The predicted octanol–water partition coefficient (Wildman–Crippen LogP) is 1.30. The van der Waals surface area contributed by atoms with Gasteiger partial charge in [0.25, 0.3) is 0 Å². The Morgan fingerprint density at radius 1 is 1.36 bits per heavy atom. The van der Waals surface area contributed by atoms with Crippen molar-refractivity contribution in [3.63, 3.8) is 0 Å². The zero-order valence-corrected chi connectivity index (χ0v) is 8.66. The lowest BCUT2D eigenvalue weighted by atomic mass is 9.81. The molecule has 1 N–H and O–H groups in total. The number of benzene rings is 1. The summed E-state index contributed by atoms with van der Waals surface area (Å²) < 4.78 is 0. The Morgan fingerprint density at radius 3 is 2.36 bits per heavy atom. The molecular weight excluding hydrogens is 175 g/mol. The average molecular weight is 188 g/mol.